The van der Waals surface area contributed by atoms with Crippen molar-refractivity contribution in [1.82, 2.24) is 10.6 Å². The van der Waals surface area contributed by atoms with Crippen LogP contribution in [0, 0.1) is 0 Å². The van der Waals surface area contributed by atoms with Crippen LogP contribution in [0.5, 0.6) is 17.2 Å². The Morgan fingerprint density at radius 2 is 2.12 bits per heavy atom. The molecule has 6 nitrogen and oxygen atoms in total. The van der Waals surface area contributed by atoms with Crippen molar-refractivity contribution in [3.05, 3.63) is 40.6 Å². The van der Waals surface area contributed by atoms with E-state index >= 15 is 0 Å². The molecule has 8 heteroatoms. The lowest BCUT2D eigenvalue weighted by Gasteiger charge is -2.15. The fourth-order valence-corrected chi connectivity index (χ4v) is 3.23. The molecule has 1 atom stereocenters. The molecule has 0 amide bonds. The Morgan fingerprint density at radius 3 is 2.88 bits per heavy atom. The SMILES string of the molecule is CN=C(NCCOc1ccc2c(c1)OCO2)NCC(C)c1ccsc1.I. The minimum atomic E-state index is 0. The number of nitrogens with zero attached hydrogens (tertiary/aromatic N) is 1. The fraction of sp³-hybridized carbons (Fsp3) is 0.389. The standard InChI is InChI=1S/C18H23N3O3S.HI/c1-13(14-5-8-25-11-14)10-21-18(19-2)20-6-7-22-15-3-4-16-17(9-15)24-12-23-16;/h3-5,8-9,11,13H,6-7,10,12H2,1-2H3,(H2,19,20,21);1H. The van der Waals surface area contributed by atoms with Gasteiger partial charge in [0.1, 0.15) is 12.4 Å². The molecule has 1 aliphatic heterocycles. The van der Waals surface area contributed by atoms with Crippen molar-refractivity contribution < 1.29 is 14.2 Å². The first-order chi connectivity index (χ1) is 12.3. The average molecular weight is 489 g/mol. The molecule has 0 saturated carbocycles. The summed E-state index contributed by atoms with van der Waals surface area (Å²) in [6.07, 6.45) is 0. The highest BCUT2D eigenvalue weighted by Gasteiger charge is 2.13. The van der Waals surface area contributed by atoms with Crippen LogP contribution in [0.4, 0.5) is 0 Å². The number of aliphatic imine (C=N–C) groups is 1. The summed E-state index contributed by atoms with van der Waals surface area (Å²) in [6.45, 7) is 4.48. The molecule has 142 valence electrons. The van der Waals surface area contributed by atoms with Crippen molar-refractivity contribution in [1.29, 1.82) is 0 Å². The third kappa shape index (κ3) is 5.66. The molecule has 0 aliphatic carbocycles. The van der Waals surface area contributed by atoms with Gasteiger partial charge in [-0.1, -0.05) is 6.92 Å². The molecule has 0 radical (unpaired) electrons. The van der Waals surface area contributed by atoms with E-state index in [9.17, 15) is 0 Å². The van der Waals surface area contributed by atoms with Gasteiger partial charge in [-0.05, 0) is 40.4 Å². The van der Waals surface area contributed by atoms with Crippen LogP contribution in [0.25, 0.3) is 0 Å². The Hall–Kier alpha value is -1.68. The van der Waals surface area contributed by atoms with Gasteiger partial charge in [0.05, 0.1) is 6.54 Å². The number of thiophene rings is 1. The summed E-state index contributed by atoms with van der Waals surface area (Å²) >= 11 is 1.72. The number of hydrogen-bond donors (Lipinski definition) is 2. The van der Waals surface area contributed by atoms with E-state index in [1.165, 1.54) is 5.56 Å². The zero-order chi connectivity index (χ0) is 17.5. The molecular weight excluding hydrogens is 465 g/mol. The Morgan fingerprint density at radius 1 is 1.27 bits per heavy atom. The third-order valence-electron chi connectivity index (χ3n) is 3.92. The van der Waals surface area contributed by atoms with Gasteiger partial charge in [-0.25, -0.2) is 0 Å². The lowest BCUT2D eigenvalue weighted by atomic mass is 10.1. The normalized spacial score (nSPS) is 13.7. The summed E-state index contributed by atoms with van der Waals surface area (Å²) in [5.41, 5.74) is 1.35. The number of halogens is 1. The van der Waals surface area contributed by atoms with E-state index in [0.29, 0.717) is 19.1 Å². The Kier molecular flexibility index (Phi) is 8.30. The first kappa shape index (κ1) is 20.6. The van der Waals surface area contributed by atoms with Crippen LogP contribution < -0.4 is 24.8 Å². The van der Waals surface area contributed by atoms with Gasteiger partial charge in [0.15, 0.2) is 17.5 Å². The number of benzene rings is 1. The molecule has 0 bridgehead atoms. The van der Waals surface area contributed by atoms with E-state index in [4.69, 9.17) is 14.2 Å². The predicted molar refractivity (Wildman–Crippen MR) is 116 cm³/mol. The lowest BCUT2D eigenvalue weighted by Crippen LogP contribution is -2.40. The number of nitrogens with one attached hydrogen (secondary N) is 2. The lowest BCUT2D eigenvalue weighted by molar-refractivity contribution is 0.173. The maximum Gasteiger partial charge on any atom is 0.231 e. The molecule has 0 fully saturated rings. The molecule has 2 heterocycles. The molecule has 1 unspecified atom stereocenters. The molecule has 1 aromatic carbocycles. The van der Waals surface area contributed by atoms with E-state index in [1.54, 1.807) is 18.4 Å². The highest BCUT2D eigenvalue weighted by molar-refractivity contribution is 14.0. The van der Waals surface area contributed by atoms with Gasteiger partial charge in [0.2, 0.25) is 6.79 Å². The summed E-state index contributed by atoms with van der Waals surface area (Å²) in [6, 6.07) is 7.74. The highest BCUT2D eigenvalue weighted by atomic mass is 127. The van der Waals surface area contributed by atoms with Crippen LogP contribution in [0.15, 0.2) is 40.0 Å². The average Bonchev–Trinajstić information content (AvgIpc) is 3.32. The molecule has 1 aromatic heterocycles. The van der Waals surface area contributed by atoms with Crippen LogP contribution in [0.1, 0.15) is 18.4 Å². The summed E-state index contributed by atoms with van der Waals surface area (Å²) < 4.78 is 16.4. The van der Waals surface area contributed by atoms with Crippen molar-refractivity contribution in [2.75, 3.05) is 33.5 Å². The van der Waals surface area contributed by atoms with Crippen LogP contribution in [-0.4, -0.2) is 39.5 Å². The number of hydrogen-bond acceptors (Lipinski definition) is 5. The van der Waals surface area contributed by atoms with Crippen molar-refractivity contribution in [2.45, 2.75) is 12.8 Å². The van der Waals surface area contributed by atoms with Gasteiger partial charge in [-0.15, -0.1) is 24.0 Å². The number of ether oxygens (including phenoxy) is 3. The minimum absolute atomic E-state index is 0. The third-order valence-corrected chi connectivity index (χ3v) is 4.62. The molecule has 3 rings (SSSR count). The van der Waals surface area contributed by atoms with Gasteiger partial charge in [-0.2, -0.15) is 11.3 Å². The quantitative estimate of drug-likeness (QED) is 0.270. The summed E-state index contributed by atoms with van der Waals surface area (Å²) in [4.78, 5) is 4.24. The van der Waals surface area contributed by atoms with E-state index in [0.717, 1.165) is 29.8 Å². The monoisotopic (exact) mass is 489 g/mol. The van der Waals surface area contributed by atoms with Crippen LogP contribution in [0.3, 0.4) is 0 Å². The first-order valence-electron chi connectivity index (χ1n) is 8.25. The molecular formula is C18H24IN3O3S. The van der Waals surface area contributed by atoms with Crippen molar-refractivity contribution in [3.63, 3.8) is 0 Å². The maximum absolute atomic E-state index is 5.73. The number of fused-ring (bicyclic) bond motifs is 1. The van der Waals surface area contributed by atoms with Crippen molar-refractivity contribution >= 4 is 41.3 Å². The second kappa shape index (κ2) is 10.5. The summed E-state index contributed by atoms with van der Waals surface area (Å²) in [5.74, 6) is 3.46. The highest BCUT2D eigenvalue weighted by Crippen LogP contribution is 2.34. The number of guanidine groups is 1. The molecule has 0 saturated heterocycles. The molecule has 1 aliphatic rings. The topological polar surface area (TPSA) is 64.1 Å². The largest absolute Gasteiger partial charge is 0.492 e. The summed E-state index contributed by atoms with van der Waals surface area (Å²) in [7, 11) is 1.77. The number of rotatable bonds is 7. The van der Waals surface area contributed by atoms with E-state index in [-0.39, 0.29) is 30.8 Å². The molecule has 2 aromatic rings. The van der Waals surface area contributed by atoms with Gasteiger partial charge in [0.25, 0.3) is 0 Å². The van der Waals surface area contributed by atoms with E-state index in [1.807, 2.05) is 18.2 Å². The van der Waals surface area contributed by atoms with E-state index in [2.05, 4.69) is 39.4 Å². The first-order valence-corrected chi connectivity index (χ1v) is 9.19. The minimum Gasteiger partial charge on any atom is -0.492 e. The Labute approximate surface area is 175 Å². The molecule has 2 N–H and O–H groups in total. The Bertz CT molecular complexity index is 710. The van der Waals surface area contributed by atoms with Crippen LogP contribution >= 0.6 is 35.3 Å². The van der Waals surface area contributed by atoms with E-state index < -0.39 is 0 Å². The second-order valence-corrected chi connectivity index (χ2v) is 6.48. The van der Waals surface area contributed by atoms with Gasteiger partial charge >= 0.3 is 0 Å². The maximum atomic E-state index is 5.73. The van der Waals surface area contributed by atoms with Gasteiger partial charge in [-0.3, -0.25) is 4.99 Å². The van der Waals surface area contributed by atoms with Gasteiger partial charge in [0, 0.05) is 19.7 Å². The fourth-order valence-electron chi connectivity index (χ4n) is 2.45. The summed E-state index contributed by atoms with van der Waals surface area (Å²) in [5, 5.41) is 10.9. The zero-order valence-corrected chi connectivity index (χ0v) is 18.0. The Balaban J connectivity index is 0.00000243. The van der Waals surface area contributed by atoms with Gasteiger partial charge < -0.3 is 24.8 Å². The smallest absolute Gasteiger partial charge is 0.231 e. The van der Waals surface area contributed by atoms with Crippen LogP contribution in [-0.2, 0) is 0 Å². The molecule has 26 heavy (non-hydrogen) atoms. The zero-order valence-electron chi connectivity index (χ0n) is 14.9. The molecule has 0 spiro atoms. The van der Waals surface area contributed by atoms with Crippen LogP contribution in [0.2, 0.25) is 0 Å². The second-order valence-electron chi connectivity index (χ2n) is 5.70. The van der Waals surface area contributed by atoms with Crippen molar-refractivity contribution in [3.8, 4) is 17.2 Å². The predicted octanol–water partition coefficient (Wildman–Crippen LogP) is 3.44. The van der Waals surface area contributed by atoms with Crippen molar-refractivity contribution in [2.24, 2.45) is 4.99 Å².